The van der Waals surface area contributed by atoms with Crippen molar-refractivity contribution in [1.82, 2.24) is 5.32 Å². The van der Waals surface area contributed by atoms with Gasteiger partial charge in [0, 0.05) is 6.54 Å². The van der Waals surface area contributed by atoms with Gasteiger partial charge in [-0.05, 0) is 31.0 Å². The first-order valence-electron chi connectivity index (χ1n) is 5.73. The van der Waals surface area contributed by atoms with Crippen LogP contribution in [0.4, 0.5) is 0 Å². The molecule has 5 heteroatoms. The molecule has 96 valence electrons. The molecule has 0 heterocycles. The van der Waals surface area contributed by atoms with Crippen molar-refractivity contribution in [3.05, 3.63) is 29.8 Å². The molecule has 2 unspecified atom stereocenters. The van der Waals surface area contributed by atoms with Crippen LogP contribution in [0.3, 0.4) is 0 Å². The number of nitrogens with two attached hydrogens (primary N) is 1. The SMILES string of the molecule is CC(C#N)CNC(=O)C(N)Cc1ccc(O)cc1. The number of nitriles is 1. The predicted octanol–water partition coefficient (Wildman–Crippen LogP) is 0.538. The van der Waals surface area contributed by atoms with Crippen molar-refractivity contribution in [1.29, 1.82) is 5.26 Å². The number of carbonyl (C=O) groups is 1. The van der Waals surface area contributed by atoms with Crippen LogP contribution < -0.4 is 11.1 Å². The minimum Gasteiger partial charge on any atom is -0.508 e. The molecule has 0 spiro atoms. The fraction of sp³-hybridized carbons (Fsp3) is 0.385. The molecule has 1 aromatic carbocycles. The van der Waals surface area contributed by atoms with Crippen molar-refractivity contribution in [3.63, 3.8) is 0 Å². The summed E-state index contributed by atoms with van der Waals surface area (Å²) < 4.78 is 0. The monoisotopic (exact) mass is 247 g/mol. The third-order valence-corrected chi connectivity index (χ3v) is 2.53. The number of benzene rings is 1. The third-order valence-electron chi connectivity index (χ3n) is 2.53. The van der Waals surface area contributed by atoms with Gasteiger partial charge in [0.15, 0.2) is 0 Å². The molecule has 1 rings (SSSR count). The highest BCUT2D eigenvalue weighted by atomic mass is 16.3. The van der Waals surface area contributed by atoms with Gasteiger partial charge in [-0.15, -0.1) is 0 Å². The zero-order chi connectivity index (χ0) is 13.5. The number of nitrogens with zero attached hydrogens (tertiary/aromatic N) is 1. The smallest absolute Gasteiger partial charge is 0.237 e. The van der Waals surface area contributed by atoms with E-state index in [1.807, 2.05) is 6.07 Å². The Morgan fingerprint density at radius 2 is 2.11 bits per heavy atom. The second-order valence-corrected chi connectivity index (χ2v) is 4.25. The normalized spacial score (nSPS) is 13.4. The number of carbonyl (C=O) groups excluding carboxylic acids is 1. The van der Waals surface area contributed by atoms with E-state index >= 15 is 0 Å². The number of phenolic OH excluding ortho intramolecular Hbond substituents is 1. The Balaban J connectivity index is 2.45. The van der Waals surface area contributed by atoms with Gasteiger partial charge in [-0.2, -0.15) is 5.26 Å². The Labute approximate surface area is 106 Å². The summed E-state index contributed by atoms with van der Waals surface area (Å²) in [5.41, 5.74) is 6.64. The topological polar surface area (TPSA) is 99.1 Å². The van der Waals surface area contributed by atoms with Gasteiger partial charge in [-0.1, -0.05) is 12.1 Å². The van der Waals surface area contributed by atoms with Crippen molar-refractivity contribution >= 4 is 5.91 Å². The fourth-order valence-electron chi connectivity index (χ4n) is 1.41. The lowest BCUT2D eigenvalue weighted by Gasteiger charge is -2.13. The molecule has 5 nitrogen and oxygen atoms in total. The van der Waals surface area contributed by atoms with Crippen LogP contribution in [-0.2, 0) is 11.2 Å². The highest BCUT2D eigenvalue weighted by Gasteiger charge is 2.14. The van der Waals surface area contributed by atoms with E-state index in [0.717, 1.165) is 5.56 Å². The van der Waals surface area contributed by atoms with Gasteiger partial charge in [-0.3, -0.25) is 4.79 Å². The van der Waals surface area contributed by atoms with E-state index in [9.17, 15) is 4.79 Å². The largest absolute Gasteiger partial charge is 0.508 e. The van der Waals surface area contributed by atoms with Crippen LogP contribution in [-0.4, -0.2) is 23.6 Å². The minimum atomic E-state index is -0.652. The van der Waals surface area contributed by atoms with Gasteiger partial charge in [0.1, 0.15) is 5.75 Å². The quantitative estimate of drug-likeness (QED) is 0.707. The van der Waals surface area contributed by atoms with Crippen molar-refractivity contribution in [2.75, 3.05) is 6.54 Å². The van der Waals surface area contributed by atoms with E-state index in [4.69, 9.17) is 16.1 Å². The van der Waals surface area contributed by atoms with E-state index in [2.05, 4.69) is 5.32 Å². The maximum Gasteiger partial charge on any atom is 0.237 e. The van der Waals surface area contributed by atoms with Crippen LogP contribution in [0.1, 0.15) is 12.5 Å². The number of phenols is 1. The van der Waals surface area contributed by atoms with E-state index in [0.29, 0.717) is 13.0 Å². The molecule has 0 aliphatic heterocycles. The second-order valence-electron chi connectivity index (χ2n) is 4.25. The van der Waals surface area contributed by atoms with Crippen molar-refractivity contribution in [3.8, 4) is 11.8 Å². The number of aromatic hydroxyl groups is 1. The molecule has 0 aliphatic rings. The summed E-state index contributed by atoms with van der Waals surface area (Å²) in [5, 5.41) is 20.4. The number of rotatable bonds is 5. The summed E-state index contributed by atoms with van der Waals surface area (Å²) in [5.74, 6) is -0.320. The first-order chi connectivity index (χ1) is 8.52. The summed E-state index contributed by atoms with van der Waals surface area (Å²) in [6, 6.07) is 7.93. The molecule has 0 saturated heterocycles. The highest BCUT2D eigenvalue weighted by molar-refractivity contribution is 5.81. The molecular weight excluding hydrogens is 230 g/mol. The lowest BCUT2D eigenvalue weighted by molar-refractivity contribution is -0.122. The summed E-state index contributed by atoms with van der Waals surface area (Å²) >= 11 is 0. The maximum atomic E-state index is 11.6. The highest BCUT2D eigenvalue weighted by Crippen LogP contribution is 2.10. The molecule has 1 aromatic rings. The van der Waals surface area contributed by atoms with Crippen LogP contribution in [0.5, 0.6) is 5.75 Å². The lowest BCUT2D eigenvalue weighted by Crippen LogP contribution is -2.43. The Hall–Kier alpha value is -2.06. The van der Waals surface area contributed by atoms with Crippen molar-refractivity contribution in [2.45, 2.75) is 19.4 Å². The third kappa shape index (κ3) is 4.44. The molecular formula is C13H17N3O2. The number of amides is 1. The van der Waals surface area contributed by atoms with E-state index in [1.165, 1.54) is 0 Å². The van der Waals surface area contributed by atoms with Crippen molar-refractivity contribution in [2.24, 2.45) is 11.7 Å². The van der Waals surface area contributed by atoms with E-state index in [1.54, 1.807) is 31.2 Å². The molecule has 0 fully saturated rings. The van der Waals surface area contributed by atoms with Crippen LogP contribution >= 0.6 is 0 Å². The van der Waals surface area contributed by atoms with Gasteiger partial charge in [0.2, 0.25) is 5.91 Å². The van der Waals surface area contributed by atoms with E-state index < -0.39 is 6.04 Å². The molecule has 0 bridgehead atoms. The van der Waals surface area contributed by atoms with Crippen LogP contribution in [0.25, 0.3) is 0 Å². The number of nitrogens with one attached hydrogen (secondary N) is 1. The Morgan fingerprint density at radius 3 is 2.67 bits per heavy atom. The maximum absolute atomic E-state index is 11.6. The van der Waals surface area contributed by atoms with Gasteiger partial charge in [0.25, 0.3) is 0 Å². The summed E-state index contributed by atoms with van der Waals surface area (Å²) in [4.78, 5) is 11.6. The number of hydrogen-bond acceptors (Lipinski definition) is 4. The van der Waals surface area contributed by atoms with Crippen molar-refractivity contribution < 1.29 is 9.90 Å². The average Bonchev–Trinajstić information content (AvgIpc) is 2.38. The predicted molar refractivity (Wildman–Crippen MR) is 67.6 cm³/mol. The van der Waals surface area contributed by atoms with Gasteiger partial charge < -0.3 is 16.2 Å². The second kappa shape index (κ2) is 6.62. The molecule has 1 amide bonds. The Bertz CT molecular complexity index is 437. The molecule has 0 radical (unpaired) electrons. The molecule has 18 heavy (non-hydrogen) atoms. The first-order valence-corrected chi connectivity index (χ1v) is 5.73. The molecule has 4 N–H and O–H groups in total. The van der Waals surface area contributed by atoms with Crippen LogP contribution in [0.2, 0.25) is 0 Å². The summed E-state index contributed by atoms with van der Waals surface area (Å²) in [7, 11) is 0. The summed E-state index contributed by atoms with van der Waals surface area (Å²) in [6.45, 7) is 2.03. The minimum absolute atomic E-state index is 0.180. The summed E-state index contributed by atoms with van der Waals surface area (Å²) in [6.07, 6.45) is 0.396. The molecule has 0 saturated carbocycles. The van der Waals surface area contributed by atoms with Gasteiger partial charge >= 0.3 is 0 Å². The standard InChI is InChI=1S/C13H17N3O2/c1-9(7-14)8-16-13(18)12(15)6-10-2-4-11(17)5-3-10/h2-5,9,12,17H,6,8,15H2,1H3,(H,16,18). The van der Waals surface area contributed by atoms with Gasteiger partial charge in [0.05, 0.1) is 18.0 Å². The van der Waals surface area contributed by atoms with Gasteiger partial charge in [-0.25, -0.2) is 0 Å². The molecule has 2 atom stereocenters. The first kappa shape index (κ1) is 14.0. The van der Waals surface area contributed by atoms with Crippen LogP contribution in [0.15, 0.2) is 24.3 Å². The Kier molecular flexibility index (Phi) is 5.15. The zero-order valence-corrected chi connectivity index (χ0v) is 10.3. The lowest BCUT2D eigenvalue weighted by atomic mass is 10.1. The molecule has 0 aliphatic carbocycles. The molecule has 0 aromatic heterocycles. The van der Waals surface area contributed by atoms with Crippen LogP contribution in [0, 0.1) is 17.2 Å². The number of hydrogen-bond donors (Lipinski definition) is 3. The average molecular weight is 247 g/mol. The Morgan fingerprint density at radius 1 is 1.50 bits per heavy atom. The fourth-order valence-corrected chi connectivity index (χ4v) is 1.41. The van der Waals surface area contributed by atoms with E-state index in [-0.39, 0.29) is 17.6 Å². The zero-order valence-electron chi connectivity index (χ0n) is 10.3.